The largest absolute Gasteiger partial charge is 0.494 e. The Kier molecular flexibility index (Phi) is 8.79. The fourth-order valence-corrected chi connectivity index (χ4v) is 3.07. The predicted molar refractivity (Wildman–Crippen MR) is 90.9 cm³/mol. The van der Waals surface area contributed by atoms with Gasteiger partial charge in [-0.25, -0.2) is 0 Å². The highest BCUT2D eigenvalue weighted by molar-refractivity contribution is 7.99. The van der Waals surface area contributed by atoms with Crippen molar-refractivity contribution >= 4 is 11.8 Å². The van der Waals surface area contributed by atoms with E-state index in [2.05, 4.69) is 44.3 Å². The Labute approximate surface area is 128 Å². The topological polar surface area (TPSA) is 21.3 Å². The predicted octanol–water partition coefficient (Wildman–Crippen LogP) is 4.66. The van der Waals surface area contributed by atoms with Gasteiger partial charge in [0.25, 0.3) is 0 Å². The molecule has 114 valence electrons. The van der Waals surface area contributed by atoms with Crippen LogP contribution in [0.5, 0.6) is 5.75 Å². The van der Waals surface area contributed by atoms with E-state index in [0.717, 1.165) is 31.1 Å². The zero-order valence-electron chi connectivity index (χ0n) is 13.3. The van der Waals surface area contributed by atoms with Crippen molar-refractivity contribution in [2.24, 2.45) is 0 Å². The number of hydrogen-bond acceptors (Lipinski definition) is 3. The molecule has 2 unspecified atom stereocenters. The Bertz CT molecular complexity index is 370. The highest BCUT2D eigenvalue weighted by Gasteiger charge is 2.16. The van der Waals surface area contributed by atoms with Crippen LogP contribution in [0.25, 0.3) is 0 Å². The van der Waals surface area contributed by atoms with Crippen molar-refractivity contribution in [2.45, 2.75) is 51.8 Å². The van der Waals surface area contributed by atoms with Crippen LogP contribution < -0.4 is 10.1 Å². The molecular weight excluding hydrogens is 266 g/mol. The van der Waals surface area contributed by atoms with Crippen molar-refractivity contribution in [3.05, 3.63) is 29.8 Å². The number of rotatable bonds is 10. The molecule has 0 saturated heterocycles. The molecule has 0 radical (unpaired) electrons. The van der Waals surface area contributed by atoms with Crippen molar-refractivity contribution in [1.29, 1.82) is 0 Å². The summed E-state index contributed by atoms with van der Waals surface area (Å²) < 4.78 is 5.78. The van der Waals surface area contributed by atoms with E-state index < -0.39 is 0 Å². The molecule has 0 aliphatic carbocycles. The average molecular weight is 295 g/mol. The first-order valence-corrected chi connectivity index (χ1v) is 8.84. The number of para-hydroxylation sites is 1. The van der Waals surface area contributed by atoms with Crippen LogP contribution in [0, 0.1) is 0 Å². The molecule has 0 aliphatic rings. The molecule has 1 aromatic carbocycles. The third kappa shape index (κ3) is 5.76. The summed E-state index contributed by atoms with van der Waals surface area (Å²) in [4.78, 5) is 0. The van der Waals surface area contributed by atoms with Gasteiger partial charge in [-0.2, -0.15) is 11.8 Å². The average Bonchev–Trinajstić information content (AvgIpc) is 2.48. The van der Waals surface area contributed by atoms with Crippen LogP contribution >= 0.6 is 11.8 Å². The lowest BCUT2D eigenvalue weighted by Gasteiger charge is -2.22. The van der Waals surface area contributed by atoms with Gasteiger partial charge in [-0.05, 0) is 32.4 Å². The second-order valence-electron chi connectivity index (χ2n) is 5.03. The Morgan fingerprint density at radius 2 is 1.95 bits per heavy atom. The van der Waals surface area contributed by atoms with Gasteiger partial charge in [0.05, 0.1) is 6.61 Å². The van der Waals surface area contributed by atoms with E-state index in [1.165, 1.54) is 12.0 Å². The number of thioether (sulfide) groups is 1. The fourth-order valence-electron chi connectivity index (χ4n) is 2.01. The molecule has 0 spiro atoms. The second-order valence-corrected chi connectivity index (χ2v) is 6.50. The van der Waals surface area contributed by atoms with E-state index in [1.807, 2.05) is 24.8 Å². The zero-order chi connectivity index (χ0) is 14.8. The first kappa shape index (κ1) is 17.4. The summed E-state index contributed by atoms with van der Waals surface area (Å²) in [6, 6.07) is 8.79. The van der Waals surface area contributed by atoms with Gasteiger partial charge in [-0.3, -0.25) is 0 Å². The van der Waals surface area contributed by atoms with Gasteiger partial charge in [-0.15, -0.1) is 0 Å². The van der Waals surface area contributed by atoms with Crippen LogP contribution in [0.4, 0.5) is 0 Å². The minimum absolute atomic E-state index is 0.372. The van der Waals surface area contributed by atoms with Crippen molar-refractivity contribution in [1.82, 2.24) is 5.32 Å². The first-order chi connectivity index (χ1) is 9.72. The monoisotopic (exact) mass is 295 g/mol. The number of benzene rings is 1. The van der Waals surface area contributed by atoms with Gasteiger partial charge in [0.15, 0.2) is 0 Å². The third-order valence-electron chi connectivity index (χ3n) is 3.36. The Morgan fingerprint density at radius 1 is 1.20 bits per heavy atom. The maximum Gasteiger partial charge on any atom is 0.124 e. The van der Waals surface area contributed by atoms with Crippen molar-refractivity contribution in [3.8, 4) is 5.75 Å². The van der Waals surface area contributed by atoms with E-state index in [4.69, 9.17) is 4.74 Å². The van der Waals surface area contributed by atoms with Gasteiger partial charge >= 0.3 is 0 Å². The van der Waals surface area contributed by atoms with E-state index in [9.17, 15) is 0 Å². The van der Waals surface area contributed by atoms with Crippen molar-refractivity contribution < 1.29 is 4.74 Å². The Morgan fingerprint density at radius 3 is 2.60 bits per heavy atom. The summed E-state index contributed by atoms with van der Waals surface area (Å²) >= 11 is 2.04. The zero-order valence-corrected chi connectivity index (χ0v) is 14.1. The molecule has 2 atom stereocenters. The quantitative estimate of drug-likeness (QED) is 0.678. The van der Waals surface area contributed by atoms with Crippen LogP contribution in [0.15, 0.2) is 24.3 Å². The summed E-state index contributed by atoms with van der Waals surface area (Å²) in [5.41, 5.74) is 1.29. The lowest BCUT2D eigenvalue weighted by atomic mass is 10.1. The first-order valence-electron chi connectivity index (χ1n) is 7.79. The summed E-state index contributed by atoms with van der Waals surface area (Å²) in [5.74, 6) is 2.12. The Hall–Kier alpha value is -0.670. The van der Waals surface area contributed by atoms with E-state index in [-0.39, 0.29) is 0 Å². The summed E-state index contributed by atoms with van der Waals surface area (Å²) in [7, 11) is 0. The van der Waals surface area contributed by atoms with Crippen LogP contribution in [-0.4, -0.2) is 24.2 Å². The van der Waals surface area contributed by atoms with Gasteiger partial charge in [0.1, 0.15) is 5.75 Å². The van der Waals surface area contributed by atoms with Gasteiger partial charge in [0, 0.05) is 22.6 Å². The highest BCUT2D eigenvalue weighted by Crippen LogP contribution is 2.29. The fraction of sp³-hybridized carbons (Fsp3) is 0.647. The van der Waals surface area contributed by atoms with Crippen LogP contribution in [-0.2, 0) is 0 Å². The van der Waals surface area contributed by atoms with Gasteiger partial charge in [0.2, 0.25) is 0 Å². The summed E-state index contributed by atoms with van der Waals surface area (Å²) in [5, 5.41) is 4.37. The second kappa shape index (κ2) is 10.1. The van der Waals surface area contributed by atoms with Gasteiger partial charge in [-0.1, -0.05) is 39.0 Å². The lowest BCUT2D eigenvalue weighted by molar-refractivity contribution is 0.332. The molecule has 1 N–H and O–H groups in total. The summed E-state index contributed by atoms with van der Waals surface area (Å²) in [6.07, 6.45) is 2.37. The maximum atomic E-state index is 5.78. The molecule has 1 rings (SSSR count). The molecule has 1 aromatic rings. The lowest BCUT2D eigenvalue weighted by Crippen LogP contribution is -2.25. The molecule has 0 fully saturated rings. The standard InChI is InChI=1S/C17H29NOS/c1-5-12-18-16(13-20-14(4)6-2)15-10-8-9-11-17(15)19-7-3/h8-11,14,16,18H,5-7,12-13H2,1-4H3. The molecule has 20 heavy (non-hydrogen) atoms. The molecule has 3 heteroatoms. The van der Waals surface area contributed by atoms with Crippen LogP contribution in [0.3, 0.4) is 0 Å². The SMILES string of the molecule is CCCNC(CSC(C)CC)c1ccccc1OCC. The summed E-state index contributed by atoms with van der Waals surface area (Å²) in [6.45, 7) is 10.6. The maximum absolute atomic E-state index is 5.78. The minimum atomic E-state index is 0.372. The van der Waals surface area contributed by atoms with E-state index in [0.29, 0.717) is 11.3 Å². The van der Waals surface area contributed by atoms with E-state index in [1.54, 1.807) is 0 Å². The molecule has 0 saturated carbocycles. The molecule has 0 bridgehead atoms. The minimum Gasteiger partial charge on any atom is -0.494 e. The molecule has 0 aliphatic heterocycles. The highest BCUT2D eigenvalue weighted by atomic mass is 32.2. The smallest absolute Gasteiger partial charge is 0.124 e. The Balaban J connectivity index is 2.80. The molecule has 0 amide bonds. The van der Waals surface area contributed by atoms with Crippen LogP contribution in [0.1, 0.15) is 52.1 Å². The van der Waals surface area contributed by atoms with Crippen molar-refractivity contribution in [2.75, 3.05) is 18.9 Å². The number of ether oxygens (including phenoxy) is 1. The third-order valence-corrected chi connectivity index (χ3v) is 4.79. The van der Waals surface area contributed by atoms with Crippen molar-refractivity contribution in [3.63, 3.8) is 0 Å². The van der Waals surface area contributed by atoms with Crippen LogP contribution in [0.2, 0.25) is 0 Å². The normalized spacial score (nSPS) is 14.0. The number of nitrogens with one attached hydrogen (secondary N) is 1. The molecular formula is C17H29NOS. The number of hydrogen-bond donors (Lipinski definition) is 1. The van der Waals surface area contributed by atoms with E-state index >= 15 is 0 Å². The molecule has 0 aromatic heterocycles. The molecule has 0 heterocycles. The molecule has 2 nitrogen and oxygen atoms in total. The van der Waals surface area contributed by atoms with Gasteiger partial charge < -0.3 is 10.1 Å².